The van der Waals surface area contributed by atoms with E-state index in [0.717, 1.165) is 26.0 Å². The van der Waals surface area contributed by atoms with Gasteiger partial charge in [-0.1, -0.05) is 13.8 Å². The maximum Gasteiger partial charge on any atom is 0.303 e. The number of halogens is 1. The zero-order chi connectivity index (χ0) is 26.9. The van der Waals surface area contributed by atoms with Crippen LogP contribution in [0.25, 0.3) is 11.1 Å². The van der Waals surface area contributed by atoms with Gasteiger partial charge in [0.15, 0.2) is 0 Å². The summed E-state index contributed by atoms with van der Waals surface area (Å²) in [5, 5.41) is 4.06. The second-order valence-electron chi connectivity index (χ2n) is 9.04. The average Bonchev–Trinajstić information content (AvgIpc) is 3.57. The predicted octanol–water partition coefficient (Wildman–Crippen LogP) is 3.66. The minimum atomic E-state index is -4.34. The van der Waals surface area contributed by atoms with Crippen LogP contribution in [-0.4, -0.2) is 42.2 Å². The number of ether oxygens (including phenoxy) is 2. The fourth-order valence-corrected chi connectivity index (χ4v) is 4.91. The number of carbonyl (C=O) groups excluding carboxylic acids is 2. The molecule has 12 heteroatoms. The topological polar surface area (TPSA) is 129 Å². The maximum absolute atomic E-state index is 14.8. The normalized spacial score (nSPS) is 14.3. The molecule has 1 saturated carbocycles. The van der Waals surface area contributed by atoms with Crippen LogP contribution in [-0.2, 0) is 24.3 Å². The van der Waals surface area contributed by atoms with Crippen LogP contribution < -0.4 is 9.46 Å². The fraction of sp³-hybridized carbons (Fsp3) is 0.360. The minimum Gasteiger partial charge on any atom is -0.481 e. The molecule has 1 aromatic carbocycles. The fourth-order valence-electron chi connectivity index (χ4n) is 3.99. The summed E-state index contributed by atoms with van der Waals surface area (Å²) in [6, 6.07) is 5.68. The molecule has 1 fully saturated rings. The van der Waals surface area contributed by atoms with Crippen molar-refractivity contribution in [2.45, 2.75) is 56.6 Å². The van der Waals surface area contributed by atoms with Gasteiger partial charge in [0.05, 0.1) is 19.3 Å². The first-order valence-corrected chi connectivity index (χ1v) is 13.1. The van der Waals surface area contributed by atoms with E-state index in [0.29, 0.717) is 11.1 Å². The van der Waals surface area contributed by atoms with Gasteiger partial charge < -0.3 is 9.47 Å². The standard InChI is InChI=1S/C25H27FN4O6S/c1-14(2)20-10-17(26)11-21(16-7-8-27-22(9-16)35-4)23(20)24(36-15(3)31)25(32)29-37(33,34)19-12-28-30(13-19)18-5-6-18/h7-14,18,24H,5-6H2,1-4H3,(H,29,32). The van der Waals surface area contributed by atoms with E-state index in [4.69, 9.17) is 9.47 Å². The molecule has 1 unspecified atom stereocenters. The van der Waals surface area contributed by atoms with E-state index in [1.54, 1.807) is 19.9 Å². The Kier molecular flexibility index (Phi) is 7.30. The lowest BCUT2D eigenvalue weighted by Gasteiger charge is -2.25. The second kappa shape index (κ2) is 10.3. The van der Waals surface area contributed by atoms with E-state index in [1.165, 1.54) is 42.4 Å². The first-order valence-electron chi connectivity index (χ1n) is 11.6. The van der Waals surface area contributed by atoms with E-state index in [2.05, 4.69) is 10.1 Å². The van der Waals surface area contributed by atoms with Crippen LogP contribution in [0.2, 0.25) is 0 Å². The Balaban J connectivity index is 1.81. The number of rotatable bonds is 9. The summed E-state index contributed by atoms with van der Waals surface area (Å²) in [7, 11) is -2.92. The van der Waals surface area contributed by atoms with E-state index >= 15 is 0 Å². The number of nitrogens with one attached hydrogen (secondary N) is 1. The number of benzene rings is 1. The van der Waals surface area contributed by atoms with Gasteiger partial charge in [-0.3, -0.25) is 14.3 Å². The molecule has 4 rings (SSSR count). The van der Waals surface area contributed by atoms with Crippen molar-refractivity contribution < 1.29 is 31.9 Å². The summed E-state index contributed by atoms with van der Waals surface area (Å²) < 4.78 is 54.9. The first kappa shape index (κ1) is 26.3. The average molecular weight is 531 g/mol. The molecule has 0 bridgehead atoms. The predicted molar refractivity (Wildman–Crippen MR) is 131 cm³/mol. The monoisotopic (exact) mass is 530 g/mol. The van der Waals surface area contributed by atoms with Gasteiger partial charge >= 0.3 is 5.97 Å². The van der Waals surface area contributed by atoms with Crippen molar-refractivity contribution in [1.82, 2.24) is 19.5 Å². The van der Waals surface area contributed by atoms with Gasteiger partial charge in [-0.05, 0) is 53.6 Å². The van der Waals surface area contributed by atoms with Crippen molar-refractivity contribution in [1.29, 1.82) is 0 Å². The van der Waals surface area contributed by atoms with Crippen LogP contribution in [0.15, 0.2) is 47.8 Å². The number of carbonyl (C=O) groups is 2. The molecule has 1 atom stereocenters. The summed E-state index contributed by atoms with van der Waals surface area (Å²) >= 11 is 0. The van der Waals surface area contributed by atoms with Crippen molar-refractivity contribution in [3.05, 3.63) is 59.8 Å². The molecule has 0 radical (unpaired) electrons. The van der Waals surface area contributed by atoms with Gasteiger partial charge in [0, 0.05) is 30.9 Å². The molecule has 2 heterocycles. The molecule has 1 N–H and O–H groups in total. The van der Waals surface area contributed by atoms with Gasteiger partial charge in [0.1, 0.15) is 10.7 Å². The molecule has 3 aromatic rings. The lowest BCUT2D eigenvalue weighted by molar-refractivity contribution is -0.153. The van der Waals surface area contributed by atoms with Crippen molar-refractivity contribution in [3.63, 3.8) is 0 Å². The van der Waals surface area contributed by atoms with Gasteiger partial charge in [0.25, 0.3) is 15.9 Å². The van der Waals surface area contributed by atoms with E-state index in [1.807, 2.05) is 4.72 Å². The third kappa shape index (κ3) is 5.79. The number of methoxy groups -OCH3 is 1. The quantitative estimate of drug-likeness (QED) is 0.415. The molecule has 10 nitrogen and oxygen atoms in total. The van der Waals surface area contributed by atoms with Crippen molar-refractivity contribution in [2.24, 2.45) is 0 Å². The highest BCUT2D eigenvalue weighted by molar-refractivity contribution is 7.90. The molecule has 0 aliphatic heterocycles. The second-order valence-corrected chi connectivity index (χ2v) is 10.7. The lowest BCUT2D eigenvalue weighted by atomic mass is 9.87. The van der Waals surface area contributed by atoms with Gasteiger partial charge in [-0.2, -0.15) is 5.10 Å². The molecular weight excluding hydrogens is 503 g/mol. The summed E-state index contributed by atoms with van der Waals surface area (Å²) in [6.45, 7) is 4.66. The lowest BCUT2D eigenvalue weighted by Crippen LogP contribution is -2.37. The minimum absolute atomic E-state index is 0.140. The van der Waals surface area contributed by atoms with Gasteiger partial charge in [-0.25, -0.2) is 22.5 Å². The smallest absolute Gasteiger partial charge is 0.303 e. The number of amides is 1. The first-order chi connectivity index (χ1) is 17.5. The molecule has 1 aliphatic rings. The Labute approximate surface area is 213 Å². The van der Waals surface area contributed by atoms with Crippen LogP contribution in [0.3, 0.4) is 0 Å². The van der Waals surface area contributed by atoms with Crippen molar-refractivity contribution >= 4 is 21.9 Å². The molecule has 1 amide bonds. The molecule has 196 valence electrons. The molecule has 0 spiro atoms. The van der Waals surface area contributed by atoms with Gasteiger partial charge in [0.2, 0.25) is 12.0 Å². The summed E-state index contributed by atoms with van der Waals surface area (Å²) in [5.41, 5.74) is 1.18. The molecule has 0 saturated heterocycles. The summed E-state index contributed by atoms with van der Waals surface area (Å²) in [4.78, 5) is 29.4. The van der Waals surface area contributed by atoms with Crippen molar-refractivity contribution in [3.8, 4) is 17.0 Å². The largest absolute Gasteiger partial charge is 0.481 e. The Morgan fingerprint density at radius 2 is 1.95 bits per heavy atom. The summed E-state index contributed by atoms with van der Waals surface area (Å²) in [6.07, 6.45) is 4.04. The zero-order valence-electron chi connectivity index (χ0n) is 20.8. The SMILES string of the molecule is COc1cc(-c2cc(F)cc(C(C)C)c2C(OC(C)=O)C(=O)NS(=O)(=O)c2cnn(C3CC3)c2)ccn1. The number of nitrogens with zero attached hydrogens (tertiary/aromatic N) is 3. The number of hydrogen-bond donors (Lipinski definition) is 1. The number of pyridine rings is 1. The number of aromatic nitrogens is 3. The Morgan fingerprint density at radius 1 is 1.22 bits per heavy atom. The van der Waals surface area contributed by atoms with E-state index < -0.39 is 33.8 Å². The number of sulfonamides is 1. The summed E-state index contributed by atoms with van der Waals surface area (Å²) in [5.74, 6) is -2.59. The highest BCUT2D eigenvalue weighted by Gasteiger charge is 2.34. The Bertz CT molecular complexity index is 1450. The van der Waals surface area contributed by atoms with Gasteiger partial charge in [-0.15, -0.1) is 0 Å². The highest BCUT2D eigenvalue weighted by Crippen LogP contribution is 2.38. The van der Waals surface area contributed by atoms with Crippen molar-refractivity contribution in [2.75, 3.05) is 7.11 Å². The third-order valence-corrected chi connectivity index (χ3v) is 7.18. The van der Waals surface area contributed by atoms with Crippen LogP contribution in [0, 0.1) is 5.82 Å². The third-order valence-electron chi connectivity index (χ3n) is 5.88. The van der Waals surface area contributed by atoms with E-state index in [9.17, 15) is 22.4 Å². The number of hydrogen-bond acceptors (Lipinski definition) is 8. The van der Waals surface area contributed by atoms with E-state index in [-0.39, 0.29) is 33.9 Å². The molecule has 37 heavy (non-hydrogen) atoms. The van der Waals surface area contributed by atoms with Crippen LogP contribution in [0.1, 0.15) is 62.8 Å². The molecule has 2 aromatic heterocycles. The van der Waals surface area contributed by atoms with Crippen LogP contribution >= 0.6 is 0 Å². The maximum atomic E-state index is 14.8. The highest BCUT2D eigenvalue weighted by atomic mass is 32.2. The van der Waals surface area contributed by atoms with Crippen LogP contribution in [0.5, 0.6) is 5.88 Å². The Morgan fingerprint density at radius 3 is 2.57 bits per heavy atom. The Hall–Kier alpha value is -3.80. The van der Waals surface area contributed by atoms with Crippen LogP contribution in [0.4, 0.5) is 4.39 Å². The molecular formula is C25H27FN4O6S. The zero-order valence-corrected chi connectivity index (χ0v) is 21.6. The molecule has 1 aliphatic carbocycles. The number of esters is 1.